The molecule has 0 fully saturated rings. The molecular formula is C11H16N3. The van der Waals surface area contributed by atoms with Crippen LogP contribution in [0.15, 0.2) is 23.4 Å². The molecule has 3 heteroatoms. The predicted octanol–water partition coefficient (Wildman–Crippen LogP) is 2.55. The maximum atomic E-state index is 8.84. The first-order chi connectivity index (χ1) is 6.74. The van der Waals surface area contributed by atoms with Gasteiger partial charge in [-0.2, -0.15) is 0 Å². The summed E-state index contributed by atoms with van der Waals surface area (Å²) >= 11 is 0. The van der Waals surface area contributed by atoms with E-state index in [9.17, 15) is 0 Å². The van der Waals surface area contributed by atoms with Crippen LogP contribution in [0.2, 0.25) is 0 Å². The minimum absolute atomic E-state index is 0.674. The largest absolute Gasteiger partial charge is 0.245 e. The van der Waals surface area contributed by atoms with E-state index >= 15 is 0 Å². The average Bonchev–Trinajstić information content (AvgIpc) is 2.20. The van der Waals surface area contributed by atoms with Crippen LogP contribution in [0.5, 0.6) is 0 Å². The third kappa shape index (κ3) is 1.92. The van der Waals surface area contributed by atoms with Crippen LogP contribution in [0.3, 0.4) is 0 Å². The van der Waals surface area contributed by atoms with E-state index in [-0.39, 0.29) is 0 Å². The van der Waals surface area contributed by atoms with Gasteiger partial charge < -0.3 is 0 Å². The molecule has 0 aliphatic rings. The van der Waals surface area contributed by atoms with E-state index in [1.807, 2.05) is 19.1 Å². The smallest absolute Gasteiger partial charge is 0.0646 e. The summed E-state index contributed by atoms with van der Waals surface area (Å²) in [5, 5.41) is 4.86. The van der Waals surface area contributed by atoms with Gasteiger partial charge in [0.05, 0.1) is 5.69 Å². The van der Waals surface area contributed by atoms with Gasteiger partial charge in [-0.15, -0.1) is 0 Å². The van der Waals surface area contributed by atoms with Gasteiger partial charge in [0.15, 0.2) is 0 Å². The standard InChI is InChI=1S/C11H16N3/c1-4-10-9(3)7-6-8-11(10)14(5-2)13-12/h6-8H,4-5H2,1-3H3. The second-order valence-electron chi connectivity index (χ2n) is 3.23. The number of anilines is 1. The summed E-state index contributed by atoms with van der Waals surface area (Å²) in [6.07, 6.45) is 0.952. The summed E-state index contributed by atoms with van der Waals surface area (Å²) in [6.45, 7) is 6.82. The van der Waals surface area contributed by atoms with Gasteiger partial charge in [0.25, 0.3) is 0 Å². The molecule has 1 aromatic carbocycles. The van der Waals surface area contributed by atoms with Crippen molar-refractivity contribution in [3.63, 3.8) is 0 Å². The Morgan fingerprint density at radius 1 is 1.36 bits per heavy atom. The Hall–Kier alpha value is -1.38. The molecule has 0 aromatic heterocycles. The van der Waals surface area contributed by atoms with Crippen molar-refractivity contribution in [2.45, 2.75) is 27.2 Å². The molecule has 0 heterocycles. The summed E-state index contributed by atoms with van der Waals surface area (Å²) in [4.78, 5) is 0. The molecule has 75 valence electrons. The second kappa shape index (κ2) is 4.74. The molecule has 1 aromatic rings. The number of rotatable bonds is 4. The maximum Gasteiger partial charge on any atom is 0.0646 e. The maximum absolute atomic E-state index is 8.84. The van der Waals surface area contributed by atoms with Crippen LogP contribution in [0.25, 0.3) is 0 Å². The highest BCUT2D eigenvalue weighted by atomic mass is 15.5. The van der Waals surface area contributed by atoms with Gasteiger partial charge in [0, 0.05) is 6.54 Å². The first-order valence-electron chi connectivity index (χ1n) is 4.95. The zero-order valence-corrected chi connectivity index (χ0v) is 8.99. The zero-order chi connectivity index (χ0) is 10.6. The lowest BCUT2D eigenvalue weighted by Gasteiger charge is -2.18. The van der Waals surface area contributed by atoms with E-state index in [0.29, 0.717) is 6.54 Å². The molecule has 0 aliphatic carbocycles. The topological polar surface area (TPSA) is 37.9 Å². The average molecular weight is 190 g/mol. The summed E-state index contributed by atoms with van der Waals surface area (Å²) in [6, 6.07) is 6.04. The predicted molar refractivity (Wildman–Crippen MR) is 58.1 cm³/mol. The summed E-state index contributed by atoms with van der Waals surface area (Å²) in [7, 11) is 0. The first kappa shape index (κ1) is 10.7. The van der Waals surface area contributed by atoms with E-state index in [1.54, 1.807) is 5.01 Å². The van der Waals surface area contributed by atoms with Crippen molar-refractivity contribution in [1.82, 2.24) is 5.53 Å². The van der Waals surface area contributed by atoms with Crippen molar-refractivity contribution < 1.29 is 0 Å². The third-order valence-corrected chi connectivity index (χ3v) is 2.42. The molecule has 0 unspecified atom stereocenters. The van der Waals surface area contributed by atoms with Crippen molar-refractivity contribution in [2.24, 2.45) is 5.22 Å². The van der Waals surface area contributed by atoms with Crippen LogP contribution >= 0.6 is 0 Å². The minimum atomic E-state index is 0.674. The lowest BCUT2D eigenvalue weighted by molar-refractivity contribution is 0.831. The molecule has 1 radical (unpaired) electrons. The van der Waals surface area contributed by atoms with Crippen LogP contribution in [-0.2, 0) is 6.42 Å². The number of hydrogen-bond donors (Lipinski definition) is 0. The Kier molecular flexibility index (Phi) is 3.63. The van der Waals surface area contributed by atoms with Gasteiger partial charge in [0.1, 0.15) is 0 Å². The Morgan fingerprint density at radius 2 is 2.07 bits per heavy atom. The molecular weight excluding hydrogens is 174 g/mol. The summed E-state index contributed by atoms with van der Waals surface area (Å²) < 4.78 is 0. The normalized spacial score (nSPS) is 9.93. The van der Waals surface area contributed by atoms with E-state index in [1.165, 1.54) is 11.1 Å². The fraction of sp³-hybridized carbons (Fsp3) is 0.455. The molecule has 0 amide bonds. The van der Waals surface area contributed by atoms with Crippen LogP contribution in [0.4, 0.5) is 5.69 Å². The second-order valence-corrected chi connectivity index (χ2v) is 3.23. The molecule has 0 bridgehead atoms. The quantitative estimate of drug-likeness (QED) is 0.531. The van der Waals surface area contributed by atoms with Crippen LogP contribution in [0.1, 0.15) is 25.0 Å². The molecule has 0 N–H and O–H groups in total. The van der Waals surface area contributed by atoms with Gasteiger partial charge in [0.2, 0.25) is 0 Å². The fourth-order valence-corrected chi connectivity index (χ4v) is 1.67. The van der Waals surface area contributed by atoms with E-state index < -0.39 is 0 Å². The third-order valence-electron chi connectivity index (χ3n) is 2.42. The fourth-order valence-electron chi connectivity index (χ4n) is 1.67. The summed E-state index contributed by atoms with van der Waals surface area (Å²) in [5.74, 6) is 0. The molecule has 1 rings (SSSR count). The van der Waals surface area contributed by atoms with Crippen molar-refractivity contribution in [2.75, 3.05) is 11.6 Å². The Balaban J connectivity index is 3.18. The number of nitrogens with zero attached hydrogens (tertiary/aromatic N) is 3. The number of hydrogen-bond acceptors (Lipinski definition) is 1. The highest BCUT2D eigenvalue weighted by molar-refractivity contribution is 5.55. The van der Waals surface area contributed by atoms with Gasteiger partial charge in [-0.1, -0.05) is 19.1 Å². The Labute approximate surface area is 85.2 Å². The minimum Gasteiger partial charge on any atom is -0.245 e. The lowest BCUT2D eigenvalue weighted by atomic mass is 10.0. The molecule has 0 aliphatic heterocycles. The number of benzene rings is 1. The van der Waals surface area contributed by atoms with Crippen molar-refractivity contribution in [3.05, 3.63) is 29.3 Å². The van der Waals surface area contributed by atoms with Crippen molar-refractivity contribution in [3.8, 4) is 0 Å². The van der Waals surface area contributed by atoms with E-state index in [0.717, 1.165) is 12.1 Å². The SMILES string of the molecule is CCc1c(C)cccc1N(CC)N=[N]. The zero-order valence-electron chi connectivity index (χ0n) is 8.99. The lowest BCUT2D eigenvalue weighted by Crippen LogP contribution is -2.16. The highest BCUT2D eigenvalue weighted by Gasteiger charge is 2.09. The molecule has 0 saturated heterocycles. The first-order valence-corrected chi connectivity index (χ1v) is 4.95. The Morgan fingerprint density at radius 3 is 2.57 bits per heavy atom. The summed E-state index contributed by atoms with van der Waals surface area (Å²) in [5.41, 5.74) is 12.3. The molecule has 0 atom stereocenters. The van der Waals surface area contributed by atoms with Crippen LogP contribution in [0, 0.1) is 6.92 Å². The highest BCUT2D eigenvalue weighted by Crippen LogP contribution is 2.24. The van der Waals surface area contributed by atoms with Crippen LogP contribution in [-0.4, -0.2) is 6.54 Å². The Bertz CT molecular complexity index is 320. The molecule has 14 heavy (non-hydrogen) atoms. The molecule has 3 nitrogen and oxygen atoms in total. The van der Waals surface area contributed by atoms with E-state index in [4.69, 9.17) is 5.53 Å². The van der Waals surface area contributed by atoms with E-state index in [2.05, 4.69) is 25.1 Å². The van der Waals surface area contributed by atoms with Crippen molar-refractivity contribution in [1.29, 1.82) is 0 Å². The van der Waals surface area contributed by atoms with Crippen LogP contribution < -0.4 is 10.5 Å². The van der Waals surface area contributed by atoms with Crippen molar-refractivity contribution >= 4 is 5.69 Å². The number of aryl methyl sites for hydroxylation is 1. The molecule has 0 spiro atoms. The van der Waals surface area contributed by atoms with Gasteiger partial charge >= 0.3 is 0 Å². The van der Waals surface area contributed by atoms with Gasteiger partial charge in [-0.25, -0.2) is 5.01 Å². The molecule has 0 saturated carbocycles. The van der Waals surface area contributed by atoms with Gasteiger partial charge in [-0.05, 0) is 48.2 Å². The van der Waals surface area contributed by atoms with Gasteiger partial charge in [-0.3, -0.25) is 0 Å². The monoisotopic (exact) mass is 190 g/mol.